The predicted molar refractivity (Wildman–Crippen MR) is 82.2 cm³/mol. The molecule has 8 heteroatoms. The first-order valence-electron chi connectivity index (χ1n) is 6.29. The zero-order valence-electron chi connectivity index (χ0n) is 12.5. The van der Waals surface area contributed by atoms with Crippen LogP contribution in [0.2, 0.25) is 0 Å². The molecule has 21 heavy (non-hydrogen) atoms. The molecule has 0 spiro atoms. The summed E-state index contributed by atoms with van der Waals surface area (Å²) >= 11 is 17.4. The maximum absolute atomic E-state index is 12.0. The molecule has 2 unspecified atom stereocenters. The maximum atomic E-state index is 12.0. The van der Waals surface area contributed by atoms with E-state index in [2.05, 4.69) is 0 Å². The molecule has 0 aromatic heterocycles. The molecule has 0 rings (SSSR count). The number of hydrogen-bond donors (Lipinski definition) is 1. The quantitative estimate of drug-likeness (QED) is 0.580. The van der Waals surface area contributed by atoms with Crippen LogP contribution in [-0.2, 0) is 14.3 Å². The van der Waals surface area contributed by atoms with Gasteiger partial charge in [-0.05, 0) is 13.8 Å². The van der Waals surface area contributed by atoms with Crippen LogP contribution in [0.25, 0.3) is 0 Å². The van der Waals surface area contributed by atoms with E-state index in [1.54, 1.807) is 19.9 Å². The summed E-state index contributed by atoms with van der Waals surface area (Å²) in [5.41, 5.74) is -1.89. The summed E-state index contributed by atoms with van der Waals surface area (Å²) in [6, 6.07) is 1.75. The second-order valence-corrected chi connectivity index (χ2v) is 6.44. The van der Waals surface area contributed by atoms with Crippen LogP contribution in [0.3, 0.4) is 0 Å². The van der Waals surface area contributed by atoms with Gasteiger partial charge in [0, 0.05) is 19.8 Å². The lowest BCUT2D eigenvalue weighted by Crippen LogP contribution is -2.53. The van der Waals surface area contributed by atoms with Crippen molar-refractivity contribution in [1.29, 1.82) is 5.26 Å². The van der Waals surface area contributed by atoms with Gasteiger partial charge < -0.3 is 9.84 Å². The van der Waals surface area contributed by atoms with Crippen LogP contribution >= 0.6 is 34.8 Å². The van der Waals surface area contributed by atoms with Crippen molar-refractivity contribution >= 4 is 46.6 Å². The van der Waals surface area contributed by atoms with Gasteiger partial charge in [0.2, 0.25) is 3.79 Å². The van der Waals surface area contributed by atoms with Gasteiger partial charge in [0.15, 0.2) is 0 Å². The molecule has 1 N–H and O–H groups in total. The van der Waals surface area contributed by atoms with Crippen LogP contribution in [0.15, 0.2) is 0 Å². The van der Waals surface area contributed by atoms with Gasteiger partial charge >= 0.3 is 5.97 Å². The van der Waals surface area contributed by atoms with E-state index in [0.29, 0.717) is 0 Å². The lowest BCUT2D eigenvalue weighted by molar-refractivity contribution is -0.164. The number of carbonyl (C=O) groups excluding carboxylic acids is 2. The van der Waals surface area contributed by atoms with Gasteiger partial charge in [-0.25, -0.2) is 0 Å². The first-order valence-corrected chi connectivity index (χ1v) is 7.42. The smallest absolute Gasteiger partial charge is 0.319 e. The molecule has 0 saturated heterocycles. The number of hydrogen-bond acceptors (Lipinski definition) is 5. The minimum absolute atomic E-state index is 0.0639. The van der Waals surface area contributed by atoms with Crippen LogP contribution in [0.5, 0.6) is 0 Å². The first-order chi connectivity index (χ1) is 9.54. The molecular weight excluding hydrogens is 341 g/mol. The summed E-state index contributed by atoms with van der Waals surface area (Å²) in [6.45, 7) is 6.00. The number of aliphatic hydroxyl groups is 1. The highest BCUT2D eigenvalue weighted by Crippen LogP contribution is 2.50. The minimum atomic E-state index is -2.14. The number of halogens is 3. The number of nitriles is 1. The van der Waals surface area contributed by atoms with Crippen molar-refractivity contribution in [3.05, 3.63) is 0 Å². The lowest BCUT2D eigenvalue weighted by Gasteiger charge is -2.38. The van der Waals surface area contributed by atoms with E-state index in [0.717, 1.165) is 0 Å². The normalized spacial score (nSPS) is 14.8. The summed E-state index contributed by atoms with van der Waals surface area (Å²) in [6.07, 6.45) is -1.54. The van der Waals surface area contributed by atoms with E-state index in [4.69, 9.17) is 44.8 Å². The van der Waals surface area contributed by atoms with Crippen LogP contribution in [0.1, 0.15) is 40.5 Å². The molecule has 0 aliphatic carbocycles. The fourth-order valence-electron chi connectivity index (χ4n) is 1.54. The van der Waals surface area contributed by atoms with Crippen molar-refractivity contribution < 1.29 is 19.4 Å². The van der Waals surface area contributed by atoms with E-state index < -0.39 is 21.3 Å². The van der Waals surface area contributed by atoms with Crippen molar-refractivity contribution in [3.8, 4) is 6.07 Å². The Morgan fingerprint density at radius 3 is 2.00 bits per heavy atom. The summed E-state index contributed by atoms with van der Waals surface area (Å²) in [5, 5.41) is 17.2. The molecule has 2 atom stereocenters. The van der Waals surface area contributed by atoms with E-state index in [-0.39, 0.29) is 25.2 Å². The van der Waals surface area contributed by atoms with Crippen molar-refractivity contribution in [2.45, 2.75) is 50.4 Å². The molecule has 0 fully saturated rings. The fourth-order valence-corrected chi connectivity index (χ4v) is 2.44. The molecule has 5 nitrogen and oxygen atoms in total. The largest absolute Gasteiger partial charge is 0.465 e. The Balaban J connectivity index is 0. The lowest BCUT2D eigenvalue weighted by atomic mass is 9.79. The minimum Gasteiger partial charge on any atom is -0.465 e. The van der Waals surface area contributed by atoms with E-state index >= 15 is 0 Å². The number of rotatable bonds is 6. The molecule has 0 radical (unpaired) electrons. The summed E-state index contributed by atoms with van der Waals surface area (Å²) < 4.78 is 2.70. The Morgan fingerprint density at radius 1 is 1.33 bits per heavy atom. The van der Waals surface area contributed by atoms with Crippen molar-refractivity contribution in [2.24, 2.45) is 5.41 Å². The number of Topliss-reactive ketones (excluding diaryl/α,β-unsaturated/α-hetero) is 1. The van der Waals surface area contributed by atoms with Gasteiger partial charge in [-0.15, -0.1) is 0 Å². The zero-order valence-corrected chi connectivity index (χ0v) is 14.7. The number of ether oxygens (including phenoxy) is 1. The number of ketones is 1. The number of carbonyl (C=O) groups is 2. The molecule has 0 saturated carbocycles. The Morgan fingerprint density at radius 2 is 1.76 bits per heavy atom. The third-order valence-electron chi connectivity index (χ3n) is 2.73. The third-order valence-corrected chi connectivity index (χ3v) is 3.74. The SMILES string of the molecule is CC#N.CCOC(=O)C(CC(=O)CC)(C(C)O)C(Cl)(Cl)Cl. The molecule has 0 amide bonds. The molecule has 0 bridgehead atoms. The number of aliphatic hydroxyl groups excluding tert-OH is 1. The fraction of sp³-hybridized carbons (Fsp3) is 0.769. The van der Waals surface area contributed by atoms with E-state index in [9.17, 15) is 14.7 Å². The highest BCUT2D eigenvalue weighted by Gasteiger charge is 2.59. The number of nitrogens with zero attached hydrogens (tertiary/aromatic N) is 1. The molecule has 122 valence electrons. The van der Waals surface area contributed by atoms with Gasteiger partial charge in [0.1, 0.15) is 11.2 Å². The Hall–Kier alpha value is -0.540. The summed E-state index contributed by atoms with van der Waals surface area (Å²) in [5.74, 6) is -1.18. The van der Waals surface area contributed by atoms with Crippen LogP contribution in [-0.4, -0.2) is 33.4 Å². The van der Waals surface area contributed by atoms with Crippen molar-refractivity contribution in [1.82, 2.24) is 0 Å². The van der Waals surface area contributed by atoms with Gasteiger partial charge in [0.05, 0.1) is 18.8 Å². The molecule has 0 heterocycles. The molecule has 0 aromatic carbocycles. The Bertz CT molecular complexity index is 388. The topological polar surface area (TPSA) is 87.4 Å². The Kier molecular flexibility index (Phi) is 11.1. The number of esters is 1. The van der Waals surface area contributed by atoms with Crippen molar-refractivity contribution in [2.75, 3.05) is 6.61 Å². The second kappa shape index (κ2) is 10.2. The first kappa shape index (κ1) is 22.7. The van der Waals surface area contributed by atoms with Gasteiger partial charge in [-0.3, -0.25) is 9.59 Å². The van der Waals surface area contributed by atoms with Crippen LogP contribution in [0.4, 0.5) is 0 Å². The van der Waals surface area contributed by atoms with Gasteiger partial charge in [-0.2, -0.15) is 5.26 Å². The van der Waals surface area contributed by atoms with Gasteiger partial charge in [-0.1, -0.05) is 41.7 Å². The summed E-state index contributed by atoms with van der Waals surface area (Å²) in [7, 11) is 0. The standard InChI is InChI=1S/C11H17Cl3O4.C2H3N/c1-4-8(16)6-10(7(3)15,11(12,13)14)9(17)18-5-2;1-2-3/h7,15H,4-6H2,1-3H3;1H3. The second-order valence-electron chi connectivity index (χ2n) is 4.16. The van der Waals surface area contributed by atoms with Gasteiger partial charge in [0.25, 0.3) is 0 Å². The van der Waals surface area contributed by atoms with E-state index in [1.807, 2.05) is 0 Å². The molecule has 0 aromatic rings. The zero-order chi connectivity index (χ0) is 17.3. The van der Waals surface area contributed by atoms with Crippen LogP contribution < -0.4 is 0 Å². The van der Waals surface area contributed by atoms with Crippen LogP contribution in [0, 0.1) is 16.7 Å². The van der Waals surface area contributed by atoms with Crippen molar-refractivity contribution in [3.63, 3.8) is 0 Å². The summed E-state index contributed by atoms with van der Waals surface area (Å²) in [4.78, 5) is 23.6. The maximum Gasteiger partial charge on any atom is 0.319 e. The third kappa shape index (κ3) is 6.39. The van der Waals surface area contributed by atoms with E-state index in [1.165, 1.54) is 13.8 Å². The monoisotopic (exact) mass is 359 g/mol. The predicted octanol–water partition coefficient (Wildman–Crippen LogP) is 3.19. The molecule has 0 aliphatic rings. The number of alkyl halides is 3. The highest BCUT2D eigenvalue weighted by molar-refractivity contribution is 6.69. The average molecular weight is 361 g/mol. The molecular formula is C13H20Cl3NO4. The molecule has 0 aliphatic heterocycles. The average Bonchev–Trinajstić information content (AvgIpc) is 2.34. The Labute approximate surface area is 140 Å². The highest BCUT2D eigenvalue weighted by atomic mass is 35.6.